The first kappa shape index (κ1) is 13.4. The molecule has 2 aromatic rings. The fourth-order valence-electron chi connectivity index (χ4n) is 2.19. The van der Waals surface area contributed by atoms with Gasteiger partial charge in [-0.15, -0.1) is 0 Å². The van der Waals surface area contributed by atoms with E-state index in [0.717, 1.165) is 19.5 Å². The Hall–Kier alpha value is -2.62. The Morgan fingerprint density at radius 3 is 2.10 bits per heavy atom. The van der Waals surface area contributed by atoms with E-state index in [4.69, 9.17) is 0 Å². The van der Waals surface area contributed by atoms with E-state index in [0.29, 0.717) is 16.8 Å². The first-order valence-electron chi connectivity index (χ1n) is 7.00. The van der Waals surface area contributed by atoms with Gasteiger partial charge in [0, 0.05) is 29.9 Å². The normalized spacial score (nSPS) is 13.4. The van der Waals surface area contributed by atoms with E-state index >= 15 is 0 Å². The molecule has 1 saturated heterocycles. The van der Waals surface area contributed by atoms with Crippen LogP contribution in [0.25, 0.3) is 0 Å². The quantitative estimate of drug-likeness (QED) is 0.940. The van der Waals surface area contributed by atoms with Gasteiger partial charge < -0.3 is 10.2 Å². The number of amides is 2. The molecule has 0 radical (unpaired) electrons. The number of nitrogens with one attached hydrogen (secondary N) is 1. The van der Waals surface area contributed by atoms with Crippen molar-refractivity contribution in [2.24, 2.45) is 0 Å². The van der Waals surface area contributed by atoms with Gasteiger partial charge in [0.2, 0.25) is 0 Å². The molecule has 1 fully saturated rings. The Bertz CT molecular complexity index is 646. The van der Waals surface area contributed by atoms with Crippen molar-refractivity contribution >= 4 is 17.5 Å². The molecule has 3 rings (SSSR count). The molecule has 1 aliphatic rings. The van der Waals surface area contributed by atoms with Crippen LogP contribution in [0.2, 0.25) is 0 Å². The molecule has 0 unspecified atom stereocenters. The summed E-state index contributed by atoms with van der Waals surface area (Å²) in [6, 6.07) is 16.1. The van der Waals surface area contributed by atoms with Crippen molar-refractivity contribution in [3.63, 3.8) is 0 Å². The fraction of sp³-hybridized carbons (Fsp3) is 0.176. The van der Waals surface area contributed by atoms with Gasteiger partial charge in [-0.1, -0.05) is 18.2 Å². The van der Waals surface area contributed by atoms with Crippen molar-refractivity contribution in [1.82, 2.24) is 4.90 Å². The highest BCUT2D eigenvalue weighted by atomic mass is 16.2. The van der Waals surface area contributed by atoms with Gasteiger partial charge in [-0.25, -0.2) is 0 Å². The average molecular weight is 280 g/mol. The van der Waals surface area contributed by atoms with E-state index in [1.54, 1.807) is 36.4 Å². The molecular formula is C17H16N2O2. The molecule has 4 nitrogen and oxygen atoms in total. The van der Waals surface area contributed by atoms with E-state index in [-0.39, 0.29) is 11.8 Å². The number of carbonyl (C=O) groups is 2. The van der Waals surface area contributed by atoms with E-state index < -0.39 is 0 Å². The van der Waals surface area contributed by atoms with Gasteiger partial charge in [0.05, 0.1) is 0 Å². The summed E-state index contributed by atoms with van der Waals surface area (Å²) >= 11 is 0. The van der Waals surface area contributed by atoms with Crippen molar-refractivity contribution < 1.29 is 9.59 Å². The van der Waals surface area contributed by atoms with E-state index in [1.165, 1.54) is 0 Å². The van der Waals surface area contributed by atoms with Crippen LogP contribution in [0.4, 0.5) is 5.69 Å². The van der Waals surface area contributed by atoms with E-state index in [2.05, 4.69) is 5.32 Å². The monoisotopic (exact) mass is 280 g/mol. The maximum absolute atomic E-state index is 12.0. The highest BCUT2D eigenvalue weighted by Gasteiger charge is 2.21. The number of hydrogen-bond donors (Lipinski definition) is 1. The number of hydrogen-bond acceptors (Lipinski definition) is 2. The van der Waals surface area contributed by atoms with E-state index in [1.807, 2.05) is 23.1 Å². The Labute approximate surface area is 123 Å². The highest BCUT2D eigenvalue weighted by molar-refractivity contribution is 6.04. The van der Waals surface area contributed by atoms with Crippen molar-refractivity contribution in [3.8, 4) is 0 Å². The third-order valence-electron chi connectivity index (χ3n) is 3.57. The molecule has 1 heterocycles. The van der Waals surface area contributed by atoms with Gasteiger partial charge in [0.25, 0.3) is 11.8 Å². The molecule has 0 atom stereocenters. The predicted octanol–water partition coefficient (Wildman–Crippen LogP) is 2.78. The highest BCUT2D eigenvalue weighted by Crippen LogP contribution is 2.16. The van der Waals surface area contributed by atoms with Crippen LogP contribution in [0.15, 0.2) is 54.6 Å². The second-order valence-electron chi connectivity index (χ2n) is 5.04. The number of carbonyl (C=O) groups excluding carboxylic acids is 2. The van der Waals surface area contributed by atoms with Crippen LogP contribution in [0.1, 0.15) is 27.1 Å². The molecule has 0 bridgehead atoms. The zero-order valence-corrected chi connectivity index (χ0v) is 11.6. The fourth-order valence-corrected chi connectivity index (χ4v) is 2.19. The minimum atomic E-state index is -0.155. The average Bonchev–Trinajstić information content (AvgIpc) is 2.47. The molecule has 106 valence electrons. The maximum Gasteiger partial charge on any atom is 0.255 e. The maximum atomic E-state index is 12.0. The lowest BCUT2D eigenvalue weighted by atomic mass is 10.1. The molecular weight excluding hydrogens is 264 g/mol. The van der Waals surface area contributed by atoms with Crippen LogP contribution in [0.3, 0.4) is 0 Å². The summed E-state index contributed by atoms with van der Waals surface area (Å²) in [4.78, 5) is 25.8. The third-order valence-corrected chi connectivity index (χ3v) is 3.57. The Balaban J connectivity index is 1.67. The summed E-state index contributed by atoms with van der Waals surface area (Å²) in [6.45, 7) is 1.68. The van der Waals surface area contributed by atoms with Crippen molar-refractivity contribution in [2.75, 3.05) is 18.4 Å². The van der Waals surface area contributed by atoms with Gasteiger partial charge in [0.15, 0.2) is 0 Å². The zero-order chi connectivity index (χ0) is 14.7. The summed E-state index contributed by atoms with van der Waals surface area (Å²) in [6.07, 6.45) is 1.08. The molecule has 1 N–H and O–H groups in total. The number of rotatable bonds is 3. The first-order chi connectivity index (χ1) is 10.2. The SMILES string of the molecule is O=C(Nc1ccc(C(=O)N2CCC2)cc1)c1ccccc1. The number of anilines is 1. The van der Waals surface area contributed by atoms with E-state index in [9.17, 15) is 9.59 Å². The van der Waals surface area contributed by atoms with Crippen LogP contribution in [0, 0.1) is 0 Å². The predicted molar refractivity (Wildman–Crippen MR) is 81.4 cm³/mol. The topological polar surface area (TPSA) is 49.4 Å². The minimum Gasteiger partial charge on any atom is -0.339 e. The van der Waals surface area contributed by atoms with Gasteiger partial charge in [0.1, 0.15) is 0 Å². The Morgan fingerprint density at radius 1 is 0.857 bits per heavy atom. The van der Waals surface area contributed by atoms with Crippen LogP contribution in [-0.4, -0.2) is 29.8 Å². The summed E-state index contributed by atoms with van der Waals surface area (Å²) in [5.74, 6) is -0.0976. The lowest BCUT2D eigenvalue weighted by Gasteiger charge is -2.30. The largest absolute Gasteiger partial charge is 0.339 e. The summed E-state index contributed by atoms with van der Waals surface area (Å²) in [7, 11) is 0. The lowest BCUT2D eigenvalue weighted by molar-refractivity contribution is 0.0652. The molecule has 0 saturated carbocycles. The summed E-state index contributed by atoms with van der Waals surface area (Å²) < 4.78 is 0. The van der Waals surface area contributed by atoms with Gasteiger partial charge in [-0.05, 0) is 42.8 Å². The Morgan fingerprint density at radius 2 is 1.52 bits per heavy atom. The molecule has 2 amide bonds. The van der Waals surface area contributed by atoms with Crippen LogP contribution in [-0.2, 0) is 0 Å². The molecule has 0 aromatic heterocycles. The number of likely N-dealkylation sites (tertiary alicyclic amines) is 1. The van der Waals surface area contributed by atoms with Gasteiger partial charge in [-0.3, -0.25) is 9.59 Å². The number of nitrogens with zero attached hydrogens (tertiary/aromatic N) is 1. The zero-order valence-electron chi connectivity index (χ0n) is 11.6. The first-order valence-corrected chi connectivity index (χ1v) is 7.00. The van der Waals surface area contributed by atoms with Crippen LogP contribution in [0.5, 0.6) is 0 Å². The minimum absolute atomic E-state index is 0.0576. The standard InChI is InChI=1S/C17H16N2O2/c20-16(13-5-2-1-3-6-13)18-15-9-7-14(8-10-15)17(21)19-11-4-12-19/h1-3,5-10H,4,11-12H2,(H,18,20). The second-order valence-corrected chi connectivity index (χ2v) is 5.04. The summed E-state index contributed by atoms with van der Waals surface area (Å²) in [5, 5.41) is 2.82. The lowest BCUT2D eigenvalue weighted by Crippen LogP contribution is -2.41. The molecule has 0 aliphatic carbocycles. The molecule has 21 heavy (non-hydrogen) atoms. The third kappa shape index (κ3) is 2.94. The van der Waals surface area contributed by atoms with Gasteiger partial charge in [-0.2, -0.15) is 0 Å². The van der Waals surface area contributed by atoms with Crippen molar-refractivity contribution in [2.45, 2.75) is 6.42 Å². The molecule has 4 heteroatoms. The number of benzene rings is 2. The van der Waals surface area contributed by atoms with Gasteiger partial charge >= 0.3 is 0 Å². The smallest absolute Gasteiger partial charge is 0.255 e. The van der Waals surface area contributed by atoms with Crippen molar-refractivity contribution in [3.05, 3.63) is 65.7 Å². The van der Waals surface area contributed by atoms with Crippen molar-refractivity contribution in [1.29, 1.82) is 0 Å². The molecule has 2 aromatic carbocycles. The second kappa shape index (κ2) is 5.79. The molecule has 1 aliphatic heterocycles. The van der Waals surface area contributed by atoms with Crippen LogP contribution < -0.4 is 5.32 Å². The Kier molecular flexibility index (Phi) is 3.69. The van der Waals surface area contributed by atoms with Crippen LogP contribution >= 0.6 is 0 Å². The summed E-state index contributed by atoms with van der Waals surface area (Å²) in [5.41, 5.74) is 1.95. The molecule has 0 spiro atoms.